The van der Waals surface area contributed by atoms with Gasteiger partial charge in [-0.1, -0.05) is 12.1 Å². The van der Waals surface area contributed by atoms with E-state index in [1.165, 1.54) is 36.5 Å². The topological polar surface area (TPSA) is 110 Å². The number of amides is 1. The average molecular weight is 457 g/mol. The number of carbonyl (C=O) groups is 1. The van der Waals surface area contributed by atoms with Crippen LogP contribution in [0.25, 0.3) is 11.0 Å². The third kappa shape index (κ3) is 4.18. The van der Waals surface area contributed by atoms with E-state index in [1.807, 2.05) is 0 Å². The van der Waals surface area contributed by atoms with Gasteiger partial charge in [-0.05, 0) is 30.3 Å². The zero-order valence-corrected chi connectivity index (χ0v) is 16.9. The van der Waals surface area contributed by atoms with Gasteiger partial charge in [-0.2, -0.15) is 0 Å². The van der Waals surface area contributed by atoms with E-state index in [1.54, 1.807) is 12.1 Å². The number of hydrogen-bond donors (Lipinski definition) is 2. The highest BCUT2D eigenvalue weighted by atomic mass is 32.2. The number of benzene rings is 2. The van der Waals surface area contributed by atoms with Gasteiger partial charge in [-0.15, -0.1) is 0 Å². The summed E-state index contributed by atoms with van der Waals surface area (Å²) in [5.74, 6) is -3.14. The van der Waals surface area contributed by atoms with E-state index in [9.17, 15) is 26.8 Å². The lowest BCUT2D eigenvalue weighted by Gasteiger charge is -2.17. The summed E-state index contributed by atoms with van der Waals surface area (Å²) in [4.78, 5) is 28.3. The minimum absolute atomic E-state index is 0.0888. The number of halogens is 2. The zero-order valence-electron chi connectivity index (χ0n) is 16.0. The molecule has 0 aliphatic rings. The van der Waals surface area contributed by atoms with Crippen molar-refractivity contribution in [3.63, 3.8) is 0 Å². The van der Waals surface area contributed by atoms with Crippen molar-refractivity contribution in [3.05, 3.63) is 94.5 Å². The number of aromatic nitrogens is 1. The van der Waals surface area contributed by atoms with Gasteiger partial charge in [0.05, 0.1) is 11.3 Å². The maximum absolute atomic E-state index is 13.6. The van der Waals surface area contributed by atoms with Gasteiger partial charge < -0.3 is 9.73 Å². The minimum Gasteiger partial charge on any atom is -0.422 e. The Balaban J connectivity index is 1.68. The molecule has 0 spiro atoms. The standard InChI is InChI=1S/C21H13F2N3O5S/c22-16-6-5-14(11-17(16)23)26(32(29)30)18-10-13(8-9-24-18)25-21(28)15-3-1-2-12-4-7-19(27)31-20(12)15/h1-11,32H,(H,24,25,28). The molecule has 2 aromatic heterocycles. The molecule has 0 fully saturated rings. The van der Waals surface area contributed by atoms with Crippen LogP contribution in [0, 0.1) is 11.6 Å². The van der Waals surface area contributed by atoms with E-state index in [4.69, 9.17) is 4.42 Å². The van der Waals surface area contributed by atoms with E-state index in [-0.39, 0.29) is 28.3 Å². The van der Waals surface area contributed by atoms with Gasteiger partial charge in [0.1, 0.15) is 5.82 Å². The van der Waals surface area contributed by atoms with Crippen LogP contribution < -0.4 is 15.2 Å². The number of para-hydroxylation sites is 1. The van der Waals surface area contributed by atoms with Crippen LogP contribution >= 0.6 is 0 Å². The molecular formula is C21H13F2N3O5S. The number of thiol groups is 1. The summed E-state index contributed by atoms with van der Waals surface area (Å²) in [7, 11) is -3.32. The van der Waals surface area contributed by atoms with Crippen LogP contribution in [0.15, 0.2) is 76.1 Å². The fraction of sp³-hybridized carbons (Fsp3) is 0. The number of hydrogen-bond acceptors (Lipinski definition) is 6. The van der Waals surface area contributed by atoms with Crippen molar-refractivity contribution >= 4 is 45.0 Å². The van der Waals surface area contributed by atoms with Gasteiger partial charge in [0, 0.05) is 35.5 Å². The molecule has 0 saturated heterocycles. The smallest absolute Gasteiger partial charge is 0.336 e. The van der Waals surface area contributed by atoms with Crippen LogP contribution in [0.5, 0.6) is 0 Å². The Kier molecular flexibility index (Phi) is 5.65. The van der Waals surface area contributed by atoms with Gasteiger partial charge in [0.2, 0.25) is 10.9 Å². The summed E-state index contributed by atoms with van der Waals surface area (Å²) < 4.78 is 56.3. The molecule has 0 aliphatic heterocycles. The molecule has 0 saturated carbocycles. The Hall–Kier alpha value is -4.12. The normalized spacial score (nSPS) is 11.0. The monoisotopic (exact) mass is 457 g/mol. The quantitative estimate of drug-likeness (QED) is 0.351. The average Bonchev–Trinajstić information content (AvgIpc) is 2.76. The summed E-state index contributed by atoms with van der Waals surface area (Å²) >= 11 is 0. The summed E-state index contributed by atoms with van der Waals surface area (Å²) in [5.41, 5.74) is -0.444. The molecule has 0 bridgehead atoms. The Bertz CT molecular complexity index is 1480. The van der Waals surface area contributed by atoms with Crippen molar-refractivity contribution in [3.8, 4) is 0 Å². The highest BCUT2D eigenvalue weighted by Gasteiger charge is 2.18. The molecule has 1 N–H and O–H groups in total. The third-order valence-corrected chi connectivity index (χ3v) is 5.19. The first-order valence-corrected chi connectivity index (χ1v) is 10.2. The Labute approximate surface area is 180 Å². The lowest BCUT2D eigenvalue weighted by molar-refractivity contribution is 0.102. The molecule has 2 aromatic carbocycles. The van der Waals surface area contributed by atoms with Crippen LogP contribution in [-0.4, -0.2) is 19.3 Å². The molecule has 0 aliphatic carbocycles. The van der Waals surface area contributed by atoms with Crippen molar-refractivity contribution in [2.24, 2.45) is 0 Å². The second-order valence-corrected chi connectivity index (χ2v) is 7.36. The maximum atomic E-state index is 13.6. The van der Waals surface area contributed by atoms with Crippen LogP contribution in [-0.2, 0) is 10.9 Å². The second kappa shape index (κ2) is 8.55. The number of anilines is 3. The molecule has 0 radical (unpaired) electrons. The predicted molar refractivity (Wildman–Crippen MR) is 113 cm³/mol. The van der Waals surface area contributed by atoms with E-state index < -0.39 is 34.1 Å². The molecule has 162 valence electrons. The van der Waals surface area contributed by atoms with Gasteiger partial charge >= 0.3 is 5.63 Å². The summed E-state index contributed by atoms with van der Waals surface area (Å²) in [6.45, 7) is 0. The summed E-state index contributed by atoms with van der Waals surface area (Å²) in [6.07, 6.45) is 1.24. The third-order valence-electron chi connectivity index (χ3n) is 4.42. The van der Waals surface area contributed by atoms with E-state index in [0.29, 0.717) is 15.8 Å². The Morgan fingerprint density at radius 3 is 2.56 bits per heavy atom. The maximum Gasteiger partial charge on any atom is 0.336 e. The Morgan fingerprint density at radius 2 is 1.81 bits per heavy atom. The molecule has 0 unspecified atom stereocenters. The molecule has 1 amide bonds. The largest absolute Gasteiger partial charge is 0.422 e. The highest BCUT2D eigenvalue weighted by molar-refractivity contribution is 7.74. The lowest BCUT2D eigenvalue weighted by Crippen LogP contribution is -2.17. The van der Waals surface area contributed by atoms with Crippen LogP contribution in [0.1, 0.15) is 10.4 Å². The molecular weight excluding hydrogens is 444 g/mol. The van der Waals surface area contributed by atoms with E-state index >= 15 is 0 Å². The van der Waals surface area contributed by atoms with Crippen LogP contribution in [0.2, 0.25) is 0 Å². The van der Waals surface area contributed by atoms with Crippen molar-refractivity contribution in [1.82, 2.24) is 4.98 Å². The number of nitrogens with one attached hydrogen (secondary N) is 1. The van der Waals surface area contributed by atoms with Crippen LogP contribution in [0.3, 0.4) is 0 Å². The predicted octanol–water partition coefficient (Wildman–Crippen LogP) is 3.38. The molecule has 11 heteroatoms. The van der Waals surface area contributed by atoms with Gasteiger partial charge in [0.25, 0.3) is 5.91 Å². The number of carbonyl (C=O) groups excluding carboxylic acids is 1. The lowest BCUT2D eigenvalue weighted by atomic mass is 10.1. The summed E-state index contributed by atoms with van der Waals surface area (Å²) in [5, 5.41) is 3.12. The fourth-order valence-electron chi connectivity index (χ4n) is 3.01. The summed E-state index contributed by atoms with van der Waals surface area (Å²) in [6, 6.07) is 12.7. The zero-order chi connectivity index (χ0) is 22.8. The molecule has 0 atom stereocenters. The van der Waals surface area contributed by atoms with Crippen LogP contribution in [0.4, 0.5) is 26.0 Å². The Morgan fingerprint density at radius 1 is 1.00 bits per heavy atom. The van der Waals surface area contributed by atoms with Crippen molar-refractivity contribution in [2.75, 3.05) is 9.62 Å². The molecule has 4 aromatic rings. The SMILES string of the molecule is O=C(Nc1ccnc(N(c2ccc(F)c(F)c2)[SH](=O)=O)c1)c1cccc2ccc(=O)oc12. The number of nitrogens with zero attached hydrogens (tertiary/aromatic N) is 2. The highest BCUT2D eigenvalue weighted by Crippen LogP contribution is 2.27. The van der Waals surface area contributed by atoms with Crippen molar-refractivity contribution in [1.29, 1.82) is 0 Å². The van der Waals surface area contributed by atoms with Gasteiger partial charge in [0.15, 0.2) is 17.2 Å². The number of rotatable bonds is 5. The molecule has 32 heavy (non-hydrogen) atoms. The van der Waals surface area contributed by atoms with Gasteiger partial charge in [-0.25, -0.2) is 31.3 Å². The number of fused-ring (bicyclic) bond motifs is 1. The molecule has 4 rings (SSSR count). The second-order valence-electron chi connectivity index (χ2n) is 6.48. The van der Waals surface area contributed by atoms with Crippen molar-refractivity contribution < 1.29 is 26.4 Å². The number of pyridine rings is 1. The molecule has 2 heterocycles. The van der Waals surface area contributed by atoms with Gasteiger partial charge in [-0.3, -0.25) is 4.79 Å². The van der Waals surface area contributed by atoms with E-state index in [0.717, 1.165) is 12.1 Å². The molecule has 8 nitrogen and oxygen atoms in total. The first-order chi connectivity index (χ1) is 15.3. The van der Waals surface area contributed by atoms with E-state index in [2.05, 4.69) is 10.3 Å². The first kappa shape index (κ1) is 21.1. The first-order valence-electron chi connectivity index (χ1n) is 9.03. The fourth-order valence-corrected chi connectivity index (χ4v) is 3.60. The minimum atomic E-state index is -3.32. The van der Waals surface area contributed by atoms with Crippen molar-refractivity contribution in [2.45, 2.75) is 0 Å².